The highest BCUT2D eigenvalue weighted by Crippen LogP contribution is 2.76. The normalized spacial score (nSPS) is 48.8. The van der Waals surface area contributed by atoms with Crippen molar-refractivity contribution in [3.8, 4) is 0 Å². The molecule has 1 aromatic rings. The Morgan fingerprint density at radius 2 is 1.83 bits per heavy atom. The largest absolute Gasteiger partial charge is 0.390 e. The van der Waals surface area contributed by atoms with Crippen molar-refractivity contribution in [2.75, 3.05) is 13.1 Å². The highest BCUT2D eigenvalue weighted by Gasteiger charge is 2.73. The summed E-state index contributed by atoms with van der Waals surface area (Å²) in [5.41, 5.74) is 0.250. The number of aromatic nitrogens is 2. The molecule has 11 atom stereocenters. The first-order valence-electron chi connectivity index (χ1n) is 14.7. The number of hydrogen-bond donors (Lipinski definition) is 1. The molecular weight excluding hydrogens is 450 g/mol. The number of fused-ring (bicyclic) bond motifs is 7. The average molecular weight is 494 g/mol. The number of hydrogen-bond acceptors (Lipinski definition) is 4. The lowest BCUT2D eigenvalue weighted by Crippen LogP contribution is -2.52. The van der Waals surface area contributed by atoms with Crippen molar-refractivity contribution in [2.45, 2.75) is 84.3 Å². The van der Waals surface area contributed by atoms with Crippen LogP contribution in [0, 0.1) is 58.7 Å². The number of carbonyl (C=O) groups excluding carboxylic acids is 2. The predicted molar refractivity (Wildman–Crippen MR) is 136 cm³/mol. The second kappa shape index (κ2) is 7.91. The zero-order valence-corrected chi connectivity index (χ0v) is 22.2. The van der Waals surface area contributed by atoms with Gasteiger partial charge in [0.15, 0.2) is 5.78 Å². The molecule has 196 valence electrons. The molecular formula is C30H43N3O3. The SMILES string of the molecule is C[C@H]1[C@@H]2[C@H]1[C@H](C(=O)Cn1cc(C(=O)N3CCC3)cn1)[C@@]1(C)CC[C@H]3[C@@H](CC[C@@H]4C[C@](C)(O)CC[C@@H]43)[C@H]21. The van der Waals surface area contributed by atoms with Crippen LogP contribution < -0.4 is 0 Å². The summed E-state index contributed by atoms with van der Waals surface area (Å²) in [6.45, 7) is 8.84. The number of carbonyl (C=O) groups is 2. The summed E-state index contributed by atoms with van der Waals surface area (Å²) in [6.07, 6.45) is 12.6. The Kier molecular flexibility index (Phi) is 5.15. The summed E-state index contributed by atoms with van der Waals surface area (Å²) in [4.78, 5) is 28.3. The molecule has 7 rings (SSSR count). The highest BCUT2D eigenvalue weighted by atomic mass is 16.3. The maximum Gasteiger partial charge on any atom is 0.257 e. The Morgan fingerprint density at radius 1 is 1.06 bits per heavy atom. The maximum absolute atomic E-state index is 13.9. The highest BCUT2D eigenvalue weighted by molar-refractivity contribution is 5.94. The number of aliphatic hydroxyl groups is 1. The minimum atomic E-state index is -0.468. The summed E-state index contributed by atoms with van der Waals surface area (Å²) < 4.78 is 1.72. The van der Waals surface area contributed by atoms with Crippen LogP contribution in [0.2, 0.25) is 0 Å². The number of amides is 1. The van der Waals surface area contributed by atoms with Gasteiger partial charge in [-0.25, -0.2) is 0 Å². The Bertz CT molecular complexity index is 1080. The minimum Gasteiger partial charge on any atom is -0.390 e. The van der Waals surface area contributed by atoms with E-state index in [0.29, 0.717) is 47.5 Å². The van der Waals surface area contributed by atoms with Crippen molar-refractivity contribution in [3.05, 3.63) is 18.0 Å². The lowest BCUT2D eigenvalue weighted by molar-refractivity contribution is -0.137. The van der Waals surface area contributed by atoms with Crippen LogP contribution in [-0.4, -0.2) is 50.2 Å². The Morgan fingerprint density at radius 3 is 2.58 bits per heavy atom. The standard InChI is InChI=1S/C30H43N3O3/c1-17-24-25(17)27(23(34)16-33-15-19(14-31-33)28(35)32-11-4-12-32)30(3)10-8-21-20-7-9-29(2,36)13-18(20)5-6-22(21)26(24)30/h14-15,17-18,20-22,24-27,36H,4-13,16H2,1-3H3/t17-,18+,20-,21+,22+,24+,25-,26+,27-,29+,30-/m0/s1. The van der Waals surface area contributed by atoms with Crippen molar-refractivity contribution in [2.24, 2.45) is 58.7 Å². The van der Waals surface area contributed by atoms with E-state index in [2.05, 4.69) is 18.9 Å². The first kappa shape index (κ1) is 23.4. The zero-order chi connectivity index (χ0) is 25.0. The van der Waals surface area contributed by atoms with Gasteiger partial charge >= 0.3 is 0 Å². The third-order valence-electron chi connectivity index (χ3n) is 12.2. The van der Waals surface area contributed by atoms with Crippen LogP contribution >= 0.6 is 0 Å². The number of rotatable bonds is 4. The van der Waals surface area contributed by atoms with Gasteiger partial charge in [0.05, 0.1) is 23.9 Å². The van der Waals surface area contributed by atoms with Crippen molar-refractivity contribution in [1.29, 1.82) is 0 Å². The van der Waals surface area contributed by atoms with E-state index in [0.717, 1.165) is 50.1 Å². The molecule has 5 aliphatic carbocycles. The van der Waals surface area contributed by atoms with Crippen molar-refractivity contribution in [3.63, 3.8) is 0 Å². The Balaban J connectivity index is 1.09. The minimum absolute atomic E-state index is 0.0434. The van der Waals surface area contributed by atoms with Gasteiger partial charge in [-0.2, -0.15) is 5.10 Å². The fourth-order valence-electron chi connectivity index (χ4n) is 10.6. The average Bonchev–Trinajstić information content (AvgIpc) is 3.12. The summed E-state index contributed by atoms with van der Waals surface area (Å²) in [7, 11) is 0. The fourth-order valence-corrected chi connectivity index (χ4v) is 10.6. The van der Waals surface area contributed by atoms with Gasteiger partial charge in [-0.15, -0.1) is 0 Å². The molecule has 1 aromatic heterocycles. The first-order valence-corrected chi connectivity index (χ1v) is 14.7. The van der Waals surface area contributed by atoms with Crippen LogP contribution in [0.4, 0.5) is 0 Å². The van der Waals surface area contributed by atoms with Gasteiger partial charge in [-0.1, -0.05) is 13.8 Å². The van der Waals surface area contributed by atoms with Gasteiger partial charge in [0.1, 0.15) is 0 Å². The van der Waals surface area contributed by atoms with E-state index in [4.69, 9.17) is 0 Å². The van der Waals surface area contributed by atoms with Crippen LogP contribution in [-0.2, 0) is 11.3 Å². The second-order valence-electron chi connectivity index (χ2n) is 14.2. The van der Waals surface area contributed by atoms with Gasteiger partial charge in [0.25, 0.3) is 5.91 Å². The molecule has 0 spiro atoms. The lowest BCUT2D eigenvalue weighted by atomic mass is 9.47. The summed E-state index contributed by atoms with van der Waals surface area (Å²) >= 11 is 0. The number of Topliss-reactive ketones (excluding diaryl/α,β-unsaturated/α-hetero) is 1. The molecule has 0 radical (unpaired) electrons. The smallest absolute Gasteiger partial charge is 0.257 e. The van der Waals surface area contributed by atoms with Gasteiger partial charge in [-0.05, 0) is 111 Å². The van der Waals surface area contributed by atoms with E-state index in [1.165, 1.54) is 32.1 Å². The summed E-state index contributed by atoms with van der Waals surface area (Å²) in [5.74, 6) is 6.11. The van der Waals surface area contributed by atoms with Crippen LogP contribution in [0.15, 0.2) is 12.4 Å². The zero-order valence-electron chi connectivity index (χ0n) is 22.2. The van der Waals surface area contributed by atoms with Gasteiger partial charge in [-0.3, -0.25) is 14.3 Å². The molecule has 1 amide bonds. The summed E-state index contributed by atoms with van der Waals surface area (Å²) in [5, 5.41) is 15.1. The van der Waals surface area contributed by atoms with Crippen LogP contribution in [0.3, 0.4) is 0 Å². The third-order valence-corrected chi connectivity index (χ3v) is 12.2. The number of likely N-dealkylation sites (tertiary alicyclic amines) is 1. The third kappa shape index (κ3) is 3.34. The molecule has 6 aliphatic rings. The van der Waals surface area contributed by atoms with Crippen molar-refractivity contribution in [1.82, 2.24) is 14.7 Å². The van der Waals surface area contributed by atoms with E-state index < -0.39 is 5.60 Å². The van der Waals surface area contributed by atoms with E-state index in [1.54, 1.807) is 17.1 Å². The van der Waals surface area contributed by atoms with Crippen LogP contribution in [0.1, 0.15) is 82.5 Å². The summed E-state index contributed by atoms with van der Waals surface area (Å²) in [6, 6.07) is 0. The van der Waals surface area contributed by atoms with Crippen LogP contribution in [0.5, 0.6) is 0 Å². The Labute approximate surface area is 215 Å². The molecule has 36 heavy (non-hydrogen) atoms. The number of nitrogens with zero attached hydrogens (tertiary/aromatic N) is 3. The molecule has 0 bridgehead atoms. The van der Waals surface area contributed by atoms with Crippen molar-refractivity contribution >= 4 is 11.7 Å². The topological polar surface area (TPSA) is 75.4 Å². The van der Waals surface area contributed by atoms with Crippen molar-refractivity contribution < 1.29 is 14.7 Å². The second-order valence-corrected chi connectivity index (χ2v) is 14.2. The van der Waals surface area contributed by atoms with Gasteiger partial charge in [0.2, 0.25) is 0 Å². The number of ketones is 1. The van der Waals surface area contributed by atoms with E-state index in [-0.39, 0.29) is 17.2 Å². The molecule has 5 saturated carbocycles. The van der Waals surface area contributed by atoms with Gasteiger partial charge < -0.3 is 10.0 Å². The lowest BCUT2D eigenvalue weighted by Gasteiger charge is -2.58. The maximum atomic E-state index is 13.9. The molecule has 1 saturated heterocycles. The molecule has 6 heteroatoms. The van der Waals surface area contributed by atoms with Gasteiger partial charge in [0, 0.05) is 25.2 Å². The quantitative estimate of drug-likeness (QED) is 0.674. The molecule has 2 heterocycles. The predicted octanol–water partition coefficient (Wildman–Crippen LogP) is 4.42. The van der Waals surface area contributed by atoms with E-state index in [1.807, 2.05) is 11.8 Å². The fraction of sp³-hybridized carbons (Fsp3) is 0.833. The monoisotopic (exact) mass is 493 g/mol. The Hall–Kier alpha value is -1.69. The van der Waals surface area contributed by atoms with E-state index >= 15 is 0 Å². The molecule has 6 fully saturated rings. The molecule has 1 N–H and O–H groups in total. The molecule has 1 aliphatic heterocycles. The first-order chi connectivity index (χ1) is 17.2. The molecule has 0 aromatic carbocycles. The van der Waals surface area contributed by atoms with Crippen LogP contribution in [0.25, 0.3) is 0 Å². The molecule has 0 unspecified atom stereocenters. The van der Waals surface area contributed by atoms with E-state index in [9.17, 15) is 14.7 Å². The molecule has 6 nitrogen and oxygen atoms in total.